The van der Waals surface area contributed by atoms with E-state index in [1.165, 1.54) is 0 Å². The molecule has 1 heterocycles. The van der Waals surface area contributed by atoms with Crippen LogP contribution in [0.1, 0.15) is 27.2 Å². The molecular formula is C9H18O5S. The molecule has 0 spiro atoms. The van der Waals surface area contributed by atoms with Crippen LogP contribution in [0.25, 0.3) is 0 Å². The van der Waals surface area contributed by atoms with Crippen molar-refractivity contribution in [1.82, 2.24) is 0 Å². The third kappa shape index (κ3) is 3.98. The van der Waals surface area contributed by atoms with E-state index >= 15 is 0 Å². The highest BCUT2D eigenvalue weighted by molar-refractivity contribution is 8.20. The maximum atomic E-state index is 11.5. The first-order chi connectivity index (χ1) is 6.71. The van der Waals surface area contributed by atoms with Crippen molar-refractivity contribution in [2.75, 3.05) is 12.4 Å². The molecule has 1 aliphatic rings. The minimum atomic E-state index is -3.00. The SMILES string of the molecule is CC(C)(C)C(=O)OC1CCOS(O)(O)C1. The zero-order chi connectivity index (χ0) is 11.7. The summed E-state index contributed by atoms with van der Waals surface area (Å²) in [7, 11) is -3.00. The van der Waals surface area contributed by atoms with Gasteiger partial charge in [0.2, 0.25) is 0 Å². The molecule has 1 unspecified atom stereocenters. The molecule has 0 radical (unpaired) electrons. The van der Waals surface area contributed by atoms with E-state index < -0.39 is 22.4 Å². The second-order valence-corrected chi connectivity index (χ2v) is 6.44. The van der Waals surface area contributed by atoms with Crippen LogP contribution in [0, 0.1) is 5.41 Å². The highest BCUT2D eigenvalue weighted by Crippen LogP contribution is 2.44. The first-order valence-electron chi connectivity index (χ1n) is 4.82. The number of ether oxygens (including phenoxy) is 1. The van der Waals surface area contributed by atoms with Gasteiger partial charge in [-0.1, -0.05) is 0 Å². The largest absolute Gasteiger partial charge is 0.461 e. The smallest absolute Gasteiger partial charge is 0.311 e. The fourth-order valence-corrected chi connectivity index (χ4v) is 2.29. The normalized spacial score (nSPS) is 28.2. The minimum Gasteiger partial charge on any atom is -0.461 e. The predicted octanol–water partition coefficient (Wildman–Crippen LogP) is 2.03. The number of hydrogen-bond acceptors (Lipinski definition) is 5. The molecule has 0 amide bonds. The molecule has 6 heteroatoms. The topological polar surface area (TPSA) is 76.0 Å². The van der Waals surface area contributed by atoms with E-state index in [0.717, 1.165) is 0 Å². The minimum absolute atomic E-state index is 0.0190. The maximum Gasteiger partial charge on any atom is 0.311 e. The Morgan fingerprint density at radius 3 is 2.53 bits per heavy atom. The van der Waals surface area contributed by atoms with Gasteiger partial charge in [-0.25, -0.2) is 0 Å². The molecule has 0 saturated carbocycles. The third-order valence-electron chi connectivity index (χ3n) is 2.00. The van der Waals surface area contributed by atoms with Crippen molar-refractivity contribution in [3.8, 4) is 0 Å². The summed E-state index contributed by atoms with van der Waals surface area (Å²) in [4.78, 5) is 11.5. The second kappa shape index (κ2) is 4.29. The zero-order valence-corrected chi connectivity index (χ0v) is 10.0. The molecule has 0 bridgehead atoms. The molecule has 1 aliphatic heterocycles. The number of hydrogen-bond donors (Lipinski definition) is 2. The first kappa shape index (κ1) is 12.8. The Labute approximate surface area is 91.3 Å². The Balaban J connectivity index is 2.49. The van der Waals surface area contributed by atoms with E-state index in [-0.39, 0.29) is 18.3 Å². The van der Waals surface area contributed by atoms with Crippen LogP contribution in [0.3, 0.4) is 0 Å². The quantitative estimate of drug-likeness (QED) is 0.683. The van der Waals surface area contributed by atoms with Crippen molar-refractivity contribution >= 4 is 16.8 Å². The summed E-state index contributed by atoms with van der Waals surface area (Å²) in [6.07, 6.45) is 0.0630. The molecule has 1 rings (SSSR count). The van der Waals surface area contributed by atoms with Gasteiger partial charge < -0.3 is 13.8 Å². The van der Waals surface area contributed by atoms with Crippen LogP contribution >= 0.6 is 10.9 Å². The summed E-state index contributed by atoms with van der Waals surface area (Å²) in [5, 5.41) is 0. The zero-order valence-electron chi connectivity index (χ0n) is 9.23. The molecule has 1 atom stereocenters. The summed E-state index contributed by atoms with van der Waals surface area (Å²) >= 11 is 0. The van der Waals surface area contributed by atoms with E-state index in [0.29, 0.717) is 6.42 Å². The molecule has 0 aliphatic carbocycles. The lowest BCUT2D eigenvalue weighted by atomic mass is 9.97. The molecule has 2 N–H and O–H groups in total. The van der Waals surface area contributed by atoms with E-state index in [2.05, 4.69) is 0 Å². The van der Waals surface area contributed by atoms with Gasteiger partial charge in [-0.15, -0.1) is 0 Å². The van der Waals surface area contributed by atoms with E-state index in [1.54, 1.807) is 20.8 Å². The molecular weight excluding hydrogens is 220 g/mol. The molecule has 0 aromatic heterocycles. The fraction of sp³-hybridized carbons (Fsp3) is 0.889. The first-order valence-corrected chi connectivity index (χ1v) is 6.46. The fourth-order valence-electron chi connectivity index (χ4n) is 1.11. The number of carbonyl (C=O) groups excluding carboxylic acids is 1. The van der Waals surface area contributed by atoms with Gasteiger partial charge in [0.25, 0.3) is 0 Å². The van der Waals surface area contributed by atoms with Crippen LogP contribution in [-0.2, 0) is 13.7 Å². The third-order valence-corrected chi connectivity index (χ3v) is 3.35. The summed E-state index contributed by atoms with van der Waals surface area (Å²) in [6.45, 7) is 5.48. The highest BCUT2D eigenvalue weighted by Gasteiger charge is 2.34. The van der Waals surface area contributed by atoms with Crippen molar-refractivity contribution in [2.24, 2.45) is 5.41 Å². The van der Waals surface area contributed by atoms with Crippen LogP contribution < -0.4 is 0 Å². The van der Waals surface area contributed by atoms with Crippen molar-refractivity contribution in [2.45, 2.75) is 33.3 Å². The van der Waals surface area contributed by atoms with E-state index in [1.807, 2.05) is 0 Å². The van der Waals surface area contributed by atoms with Gasteiger partial charge >= 0.3 is 5.97 Å². The highest BCUT2D eigenvalue weighted by atomic mass is 32.3. The molecule has 1 fully saturated rings. The van der Waals surface area contributed by atoms with E-state index in [9.17, 15) is 13.9 Å². The van der Waals surface area contributed by atoms with Gasteiger partial charge in [-0.3, -0.25) is 8.98 Å². The molecule has 90 valence electrons. The van der Waals surface area contributed by atoms with Gasteiger partial charge in [-0.2, -0.15) is 0 Å². The number of esters is 1. The summed E-state index contributed by atoms with van der Waals surface area (Å²) in [5.74, 6) is -0.348. The predicted molar refractivity (Wildman–Crippen MR) is 57.6 cm³/mol. The Bertz CT molecular complexity index is 245. The Morgan fingerprint density at radius 1 is 1.47 bits per heavy atom. The Kier molecular flexibility index (Phi) is 3.65. The molecule has 15 heavy (non-hydrogen) atoms. The van der Waals surface area contributed by atoms with Gasteiger partial charge in [0.1, 0.15) is 6.10 Å². The van der Waals surface area contributed by atoms with Crippen LogP contribution in [0.15, 0.2) is 0 Å². The van der Waals surface area contributed by atoms with Crippen LogP contribution in [0.5, 0.6) is 0 Å². The Morgan fingerprint density at radius 2 is 2.07 bits per heavy atom. The summed E-state index contributed by atoms with van der Waals surface area (Å²) in [5.41, 5.74) is -0.568. The van der Waals surface area contributed by atoms with Crippen molar-refractivity contribution < 1.29 is 22.8 Å². The standard InChI is InChI=1S/C9H18O5S/c1-9(2,3)8(10)14-7-4-5-13-15(11,12)6-7/h7,11-12H,4-6H2,1-3H3. The van der Waals surface area contributed by atoms with Crippen molar-refractivity contribution in [1.29, 1.82) is 0 Å². The monoisotopic (exact) mass is 238 g/mol. The number of rotatable bonds is 1. The van der Waals surface area contributed by atoms with Crippen molar-refractivity contribution in [3.63, 3.8) is 0 Å². The van der Waals surface area contributed by atoms with Gasteiger partial charge in [0, 0.05) is 6.42 Å². The van der Waals surface area contributed by atoms with Crippen LogP contribution in [0.4, 0.5) is 0 Å². The molecule has 5 nitrogen and oxygen atoms in total. The lowest BCUT2D eigenvalue weighted by molar-refractivity contribution is -0.158. The Hall–Kier alpha value is -0.300. The molecule has 0 aromatic carbocycles. The van der Waals surface area contributed by atoms with Crippen LogP contribution in [0.2, 0.25) is 0 Å². The summed E-state index contributed by atoms with van der Waals surface area (Å²) in [6, 6.07) is 0. The average Bonchev–Trinajstić information content (AvgIpc) is 2.00. The summed E-state index contributed by atoms with van der Waals surface area (Å²) < 4.78 is 28.5. The molecule has 1 saturated heterocycles. The number of carbonyl (C=O) groups is 1. The second-order valence-electron chi connectivity index (χ2n) is 4.66. The van der Waals surface area contributed by atoms with Gasteiger partial charge in [-0.05, 0) is 20.8 Å². The lowest BCUT2D eigenvalue weighted by Gasteiger charge is -2.35. The van der Waals surface area contributed by atoms with Gasteiger partial charge in [0.05, 0.1) is 28.6 Å². The lowest BCUT2D eigenvalue weighted by Crippen LogP contribution is -2.35. The average molecular weight is 238 g/mol. The van der Waals surface area contributed by atoms with E-state index in [4.69, 9.17) is 8.92 Å². The van der Waals surface area contributed by atoms with Gasteiger partial charge in [0.15, 0.2) is 0 Å². The van der Waals surface area contributed by atoms with Crippen LogP contribution in [-0.4, -0.2) is 33.5 Å². The maximum absolute atomic E-state index is 11.5. The van der Waals surface area contributed by atoms with Crippen molar-refractivity contribution in [3.05, 3.63) is 0 Å². The molecule has 0 aromatic rings.